The highest BCUT2D eigenvalue weighted by Gasteiger charge is 2.24. The number of likely N-dealkylation sites (tertiary alicyclic amines) is 1. The second kappa shape index (κ2) is 12.1. The van der Waals surface area contributed by atoms with E-state index in [0.717, 1.165) is 0 Å². The maximum Gasteiger partial charge on any atom is 0.409 e. The molecule has 0 radical (unpaired) electrons. The van der Waals surface area contributed by atoms with Crippen molar-refractivity contribution in [2.75, 3.05) is 31.7 Å². The monoisotopic (exact) mass is 398 g/mol. The van der Waals surface area contributed by atoms with Gasteiger partial charge in [-0.2, -0.15) is 17.0 Å². The van der Waals surface area contributed by atoms with Crippen molar-refractivity contribution in [1.82, 2.24) is 15.5 Å². The molecule has 1 aliphatic rings. The Hall–Kier alpha value is -2.41. The van der Waals surface area contributed by atoms with E-state index in [0.29, 0.717) is 38.3 Å². The van der Waals surface area contributed by atoms with Crippen LogP contribution < -0.4 is 10.6 Å². The summed E-state index contributed by atoms with van der Waals surface area (Å²) in [6.45, 7) is 3.12. The molecule has 1 aliphatic heterocycles. The molecule has 9 nitrogen and oxygen atoms in total. The van der Waals surface area contributed by atoms with Gasteiger partial charge < -0.3 is 25.4 Å². The number of thioether (sulfide) groups is 1. The molecule has 0 aromatic carbocycles. The smallest absolute Gasteiger partial charge is 0.409 e. The number of piperidine rings is 1. The third kappa shape index (κ3) is 7.78. The molecule has 0 aliphatic carbocycles. The Kier molecular flexibility index (Phi) is 10.1. The Morgan fingerprint density at radius 1 is 1.41 bits per heavy atom. The standard InChI is InChI=1S/C17H26N4O5S/c1-3-26-17(25)21-7-4-13(5-8-21)19-11-12(10-18)15(22)20-14(16(23)24)6-9-27-2/h11,13-14,19H,3-9H2,1-2H3,(H,20,22)(H,23,24)/b12-11-. The van der Waals surface area contributed by atoms with Crippen LogP contribution in [0.3, 0.4) is 0 Å². The van der Waals surface area contributed by atoms with Crippen molar-refractivity contribution in [3.05, 3.63) is 11.8 Å². The van der Waals surface area contributed by atoms with Crippen molar-refractivity contribution in [1.29, 1.82) is 5.26 Å². The number of nitrogens with one attached hydrogen (secondary N) is 2. The van der Waals surface area contributed by atoms with E-state index in [9.17, 15) is 19.6 Å². The predicted octanol–water partition coefficient (Wildman–Crippen LogP) is 0.927. The number of carbonyl (C=O) groups excluding carboxylic acids is 2. The largest absolute Gasteiger partial charge is 0.480 e. The zero-order valence-electron chi connectivity index (χ0n) is 15.6. The van der Waals surface area contributed by atoms with Gasteiger partial charge in [0.05, 0.1) is 6.61 Å². The van der Waals surface area contributed by atoms with Crippen molar-refractivity contribution in [2.45, 2.75) is 38.3 Å². The molecule has 0 bridgehead atoms. The van der Waals surface area contributed by atoms with Gasteiger partial charge in [0.15, 0.2) is 0 Å². The van der Waals surface area contributed by atoms with Gasteiger partial charge in [0.25, 0.3) is 5.91 Å². The lowest BCUT2D eigenvalue weighted by Gasteiger charge is -2.31. The topological polar surface area (TPSA) is 132 Å². The number of amides is 2. The number of hydrogen-bond donors (Lipinski definition) is 3. The van der Waals surface area contributed by atoms with Crippen molar-refractivity contribution >= 4 is 29.7 Å². The molecule has 3 N–H and O–H groups in total. The van der Waals surface area contributed by atoms with Gasteiger partial charge in [0.2, 0.25) is 0 Å². The molecule has 2 amide bonds. The van der Waals surface area contributed by atoms with Crippen LogP contribution in [0.25, 0.3) is 0 Å². The first kappa shape index (κ1) is 22.6. The van der Waals surface area contributed by atoms with Gasteiger partial charge in [-0.1, -0.05) is 0 Å². The highest BCUT2D eigenvalue weighted by Crippen LogP contribution is 2.12. The number of carboxylic acid groups (broad SMARTS) is 1. The Balaban J connectivity index is 2.55. The molecular weight excluding hydrogens is 372 g/mol. The quantitative estimate of drug-likeness (QED) is 0.386. The number of hydrogen-bond acceptors (Lipinski definition) is 7. The first-order valence-corrected chi connectivity index (χ1v) is 10.1. The van der Waals surface area contributed by atoms with Gasteiger partial charge in [-0.3, -0.25) is 4.79 Å². The van der Waals surface area contributed by atoms with E-state index in [1.807, 2.05) is 6.26 Å². The SMILES string of the molecule is CCOC(=O)N1CCC(N/C=C(/C#N)C(=O)NC(CCSC)C(=O)O)CC1. The van der Waals surface area contributed by atoms with Crippen LogP contribution in [0.1, 0.15) is 26.2 Å². The first-order valence-electron chi connectivity index (χ1n) is 8.73. The Labute approximate surface area is 163 Å². The summed E-state index contributed by atoms with van der Waals surface area (Å²) in [6, 6.07) is 0.769. The van der Waals surface area contributed by atoms with E-state index < -0.39 is 17.9 Å². The highest BCUT2D eigenvalue weighted by atomic mass is 32.2. The summed E-state index contributed by atoms with van der Waals surface area (Å²) in [5, 5.41) is 23.7. The highest BCUT2D eigenvalue weighted by molar-refractivity contribution is 7.98. The minimum absolute atomic E-state index is 0.0126. The molecule has 0 aromatic heterocycles. The summed E-state index contributed by atoms with van der Waals surface area (Å²) in [4.78, 5) is 36.6. The normalized spacial score (nSPS) is 16.2. The molecule has 1 heterocycles. The number of aliphatic carboxylic acids is 1. The second-order valence-corrected chi connectivity index (χ2v) is 6.93. The van der Waals surface area contributed by atoms with E-state index >= 15 is 0 Å². The summed E-state index contributed by atoms with van der Waals surface area (Å²) < 4.78 is 4.96. The van der Waals surface area contributed by atoms with E-state index in [1.165, 1.54) is 18.0 Å². The molecule has 150 valence electrons. The van der Waals surface area contributed by atoms with E-state index in [1.54, 1.807) is 17.9 Å². The van der Waals surface area contributed by atoms with Gasteiger partial charge in [-0.05, 0) is 38.2 Å². The molecule has 10 heteroatoms. The lowest BCUT2D eigenvalue weighted by molar-refractivity contribution is -0.141. The number of nitriles is 1. The molecule has 0 saturated carbocycles. The molecule has 0 aromatic rings. The van der Waals surface area contributed by atoms with Gasteiger partial charge in [-0.15, -0.1) is 0 Å². The van der Waals surface area contributed by atoms with Crippen LogP contribution >= 0.6 is 11.8 Å². The Morgan fingerprint density at radius 2 is 2.07 bits per heavy atom. The summed E-state index contributed by atoms with van der Waals surface area (Å²) in [5.74, 6) is -1.27. The molecule has 1 unspecified atom stereocenters. The lowest BCUT2D eigenvalue weighted by atomic mass is 10.1. The zero-order chi connectivity index (χ0) is 20.2. The molecular formula is C17H26N4O5S. The first-order chi connectivity index (χ1) is 12.9. The van der Waals surface area contributed by atoms with Crippen LogP contribution in [0.2, 0.25) is 0 Å². The lowest BCUT2D eigenvalue weighted by Crippen LogP contribution is -2.44. The number of carbonyl (C=O) groups is 3. The van der Waals surface area contributed by atoms with Crippen LogP contribution in [-0.4, -0.2) is 71.8 Å². The van der Waals surface area contributed by atoms with E-state index in [-0.39, 0.29) is 24.1 Å². The third-order valence-corrected chi connectivity index (χ3v) is 4.71. The average molecular weight is 398 g/mol. The molecule has 1 fully saturated rings. The van der Waals surface area contributed by atoms with E-state index in [2.05, 4.69) is 10.6 Å². The summed E-state index contributed by atoms with van der Waals surface area (Å²) in [6.07, 6.45) is 4.41. The average Bonchev–Trinajstić information content (AvgIpc) is 2.66. The number of ether oxygens (including phenoxy) is 1. The maximum absolute atomic E-state index is 12.2. The third-order valence-electron chi connectivity index (χ3n) is 4.06. The molecule has 1 rings (SSSR count). The fourth-order valence-corrected chi connectivity index (χ4v) is 2.99. The molecule has 27 heavy (non-hydrogen) atoms. The van der Waals surface area contributed by atoms with Crippen LogP contribution in [0.5, 0.6) is 0 Å². The zero-order valence-corrected chi connectivity index (χ0v) is 16.4. The minimum Gasteiger partial charge on any atom is -0.480 e. The van der Waals surface area contributed by atoms with E-state index in [4.69, 9.17) is 9.84 Å². The number of nitrogens with zero attached hydrogens (tertiary/aromatic N) is 2. The number of rotatable bonds is 9. The minimum atomic E-state index is -1.13. The Bertz CT molecular complexity index is 597. The fourth-order valence-electron chi connectivity index (χ4n) is 2.52. The van der Waals surface area contributed by atoms with Gasteiger partial charge in [-0.25, -0.2) is 9.59 Å². The van der Waals surface area contributed by atoms with Gasteiger partial charge in [0.1, 0.15) is 17.7 Å². The molecule has 0 spiro atoms. The Morgan fingerprint density at radius 3 is 2.59 bits per heavy atom. The molecule has 1 atom stereocenters. The van der Waals surface area contributed by atoms with Crippen molar-refractivity contribution in [3.8, 4) is 6.07 Å². The van der Waals surface area contributed by atoms with Crippen LogP contribution in [0.4, 0.5) is 4.79 Å². The molecule has 1 saturated heterocycles. The van der Waals surface area contributed by atoms with Crippen molar-refractivity contribution in [2.24, 2.45) is 0 Å². The van der Waals surface area contributed by atoms with Crippen LogP contribution in [-0.2, 0) is 14.3 Å². The fraction of sp³-hybridized carbons (Fsp3) is 0.647. The van der Waals surface area contributed by atoms with Gasteiger partial charge in [0, 0.05) is 25.3 Å². The summed E-state index contributed by atoms with van der Waals surface area (Å²) in [5.41, 5.74) is -0.182. The van der Waals surface area contributed by atoms with Crippen molar-refractivity contribution < 1.29 is 24.2 Å². The second-order valence-electron chi connectivity index (χ2n) is 5.94. The predicted molar refractivity (Wildman–Crippen MR) is 101 cm³/mol. The van der Waals surface area contributed by atoms with Crippen molar-refractivity contribution in [3.63, 3.8) is 0 Å². The van der Waals surface area contributed by atoms with Gasteiger partial charge >= 0.3 is 12.1 Å². The summed E-state index contributed by atoms with van der Waals surface area (Å²) in [7, 11) is 0. The van der Waals surface area contributed by atoms with Crippen LogP contribution in [0.15, 0.2) is 11.8 Å². The van der Waals surface area contributed by atoms with Crippen LogP contribution in [0, 0.1) is 11.3 Å². The number of carboxylic acids is 1. The summed E-state index contributed by atoms with van der Waals surface area (Å²) >= 11 is 1.48. The maximum atomic E-state index is 12.2.